The van der Waals surface area contributed by atoms with Crippen molar-refractivity contribution in [3.05, 3.63) is 65.2 Å². The van der Waals surface area contributed by atoms with Crippen LogP contribution in [0.5, 0.6) is 5.75 Å². The SMILES string of the molecule is COc1ccccc1CN(C)Cc1cccc(C(=O)O)c1. The number of carboxylic acids is 1. The van der Waals surface area contributed by atoms with Gasteiger partial charge in [-0.15, -0.1) is 0 Å². The lowest BCUT2D eigenvalue weighted by Gasteiger charge is -2.18. The third-order valence-corrected chi connectivity index (χ3v) is 3.26. The van der Waals surface area contributed by atoms with E-state index in [1.165, 1.54) is 0 Å². The van der Waals surface area contributed by atoms with Crippen LogP contribution in [0.4, 0.5) is 0 Å². The van der Waals surface area contributed by atoms with Crippen molar-refractivity contribution in [2.45, 2.75) is 13.1 Å². The topological polar surface area (TPSA) is 49.8 Å². The lowest BCUT2D eigenvalue weighted by atomic mass is 10.1. The van der Waals surface area contributed by atoms with Crippen LogP contribution in [0.15, 0.2) is 48.5 Å². The van der Waals surface area contributed by atoms with E-state index < -0.39 is 5.97 Å². The van der Waals surface area contributed by atoms with Crippen molar-refractivity contribution in [2.24, 2.45) is 0 Å². The predicted octanol–water partition coefficient (Wildman–Crippen LogP) is 3.03. The molecule has 0 aliphatic rings. The van der Waals surface area contributed by atoms with Crippen LogP contribution in [0.25, 0.3) is 0 Å². The zero-order valence-electron chi connectivity index (χ0n) is 12.2. The zero-order valence-corrected chi connectivity index (χ0v) is 12.2. The van der Waals surface area contributed by atoms with Gasteiger partial charge in [-0.1, -0.05) is 30.3 Å². The quantitative estimate of drug-likeness (QED) is 0.886. The maximum atomic E-state index is 11.0. The average molecular weight is 285 g/mol. The Balaban J connectivity index is 2.06. The number of hydrogen-bond acceptors (Lipinski definition) is 3. The van der Waals surface area contributed by atoms with Crippen molar-refractivity contribution in [1.29, 1.82) is 0 Å². The molecule has 4 heteroatoms. The van der Waals surface area contributed by atoms with Crippen molar-refractivity contribution in [3.63, 3.8) is 0 Å². The summed E-state index contributed by atoms with van der Waals surface area (Å²) in [5, 5.41) is 9.02. The minimum atomic E-state index is -0.899. The van der Waals surface area contributed by atoms with Crippen molar-refractivity contribution in [2.75, 3.05) is 14.2 Å². The van der Waals surface area contributed by atoms with Crippen LogP contribution in [-0.4, -0.2) is 30.1 Å². The molecule has 1 N–H and O–H groups in total. The third-order valence-electron chi connectivity index (χ3n) is 3.26. The average Bonchev–Trinajstić information content (AvgIpc) is 2.48. The Morgan fingerprint density at radius 2 is 1.90 bits per heavy atom. The van der Waals surface area contributed by atoms with Crippen LogP contribution in [-0.2, 0) is 13.1 Å². The molecular formula is C17H19NO3. The monoisotopic (exact) mass is 285 g/mol. The van der Waals surface area contributed by atoms with Crippen molar-refractivity contribution < 1.29 is 14.6 Å². The van der Waals surface area contributed by atoms with E-state index >= 15 is 0 Å². The number of para-hydroxylation sites is 1. The van der Waals surface area contributed by atoms with Gasteiger partial charge in [0.05, 0.1) is 12.7 Å². The fraction of sp³-hybridized carbons (Fsp3) is 0.235. The van der Waals surface area contributed by atoms with Crippen LogP contribution < -0.4 is 4.74 Å². The van der Waals surface area contributed by atoms with Gasteiger partial charge in [-0.25, -0.2) is 4.79 Å². The van der Waals surface area contributed by atoms with Gasteiger partial charge >= 0.3 is 5.97 Å². The Morgan fingerprint density at radius 1 is 1.14 bits per heavy atom. The summed E-state index contributed by atoms with van der Waals surface area (Å²) in [5.74, 6) is -0.0344. The van der Waals surface area contributed by atoms with Gasteiger partial charge in [-0.05, 0) is 30.8 Å². The molecule has 0 fully saturated rings. The first-order valence-corrected chi connectivity index (χ1v) is 6.73. The molecule has 0 heterocycles. The molecule has 0 atom stereocenters. The number of carboxylic acid groups (broad SMARTS) is 1. The molecular weight excluding hydrogens is 266 g/mol. The van der Waals surface area contributed by atoms with E-state index in [-0.39, 0.29) is 0 Å². The summed E-state index contributed by atoms with van der Waals surface area (Å²) in [4.78, 5) is 13.1. The zero-order chi connectivity index (χ0) is 15.2. The van der Waals surface area contributed by atoms with Gasteiger partial charge in [0.25, 0.3) is 0 Å². The van der Waals surface area contributed by atoms with Crippen LogP contribution in [0.1, 0.15) is 21.5 Å². The van der Waals surface area contributed by atoms with Crippen LogP contribution in [0.3, 0.4) is 0 Å². The lowest BCUT2D eigenvalue weighted by Crippen LogP contribution is -2.18. The summed E-state index contributed by atoms with van der Waals surface area (Å²) in [7, 11) is 3.66. The molecule has 2 aromatic carbocycles. The van der Waals surface area contributed by atoms with E-state index in [9.17, 15) is 4.79 Å². The minimum Gasteiger partial charge on any atom is -0.496 e. The largest absolute Gasteiger partial charge is 0.496 e. The summed E-state index contributed by atoms with van der Waals surface area (Å²) in [6, 6.07) is 14.9. The summed E-state index contributed by atoms with van der Waals surface area (Å²) in [6.07, 6.45) is 0. The highest BCUT2D eigenvalue weighted by atomic mass is 16.5. The number of ether oxygens (including phenoxy) is 1. The fourth-order valence-electron chi connectivity index (χ4n) is 2.29. The highest BCUT2D eigenvalue weighted by molar-refractivity contribution is 5.87. The van der Waals surface area contributed by atoms with E-state index in [2.05, 4.69) is 4.90 Å². The Kier molecular flexibility index (Phi) is 4.95. The Morgan fingerprint density at radius 3 is 2.62 bits per heavy atom. The molecule has 0 aliphatic carbocycles. The Hall–Kier alpha value is -2.33. The maximum Gasteiger partial charge on any atom is 0.335 e. The molecule has 0 radical (unpaired) electrons. The number of hydrogen-bond donors (Lipinski definition) is 1. The smallest absolute Gasteiger partial charge is 0.335 e. The standard InChI is InChI=1S/C17H19NO3/c1-18(12-15-7-3-4-9-16(15)21-2)11-13-6-5-8-14(10-13)17(19)20/h3-10H,11-12H2,1-2H3,(H,19,20). The van der Waals surface area contributed by atoms with Gasteiger partial charge in [0.2, 0.25) is 0 Å². The summed E-state index contributed by atoms with van der Waals surface area (Å²) >= 11 is 0. The molecule has 0 amide bonds. The van der Waals surface area contributed by atoms with E-state index in [1.54, 1.807) is 25.3 Å². The lowest BCUT2D eigenvalue weighted by molar-refractivity contribution is 0.0696. The van der Waals surface area contributed by atoms with Crippen LogP contribution >= 0.6 is 0 Å². The number of nitrogens with zero attached hydrogens (tertiary/aromatic N) is 1. The second kappa shape index (κ2) is 6.90. The first kappa shape index (κ1) is 15.1. The van der Waals surface area contributed by atoms with Crippen LogP contribution in [0, 0.1) is 0 Å². The maximum absolute atomic E-state index is 11.0. The molecule has 0 saturated heterocycles. The normalized spacial score (nSPS) is 10.6. The molecule has 0 unspecified atom stereocenters. The molecule has 2 rings (SSSR count). The Bertz CT molecular complexity index is 625. The molecule has 0 spiro atoms. The highest BCUT2D eigenvalue weighted by Gasteiger charge is 2.08. The second-order valence-electron chi connectivity index (χ2n) is 4.99. The van der Waals surface area contributed by atoms with Gasteiger partial charge in [0.15, 0.2) is 0 Å². The van der Waals surface area contributed by atoms with E-state index in [0.717, 1.165) is 23.4 Å². The molecule has 0 aliphatic heterocycles. The summed E-state index contributed by atoms with van der Waals surface area (Å²) < 4.78 is 5.34. The minimum absolute atomic E-state index is 0.318. The highest BCUT2D eigenvalue weighted by Crippen LogP contribution is 2.19. The van der Waals surface area contributed by atoms with Gasteiger partial charge in [-0.3, -0.25) is 4.90 Å². The van der Waals surface area contributed by atoms with E-state index in [1.807, 2.05) is 37.4 Å². The number of benzene rings is 2. The van der Waals surface area contributed by atoms with Crippen molar-refractivity contribution in [3.8, 4) is 5.75 Å². The molecule has 110 valence electrons. The molecule has 0 bridgehead atoms. The fourth-order valence-corrected chi connectivity index (χ4v) is 2.29. The number of aromatic carboxylic acids is 1. The molecule has 2 aromatic rings. The van der Waals surface area contributed by atoms with Gasteiger partial charge in [-0.2, -0.15) is 0 Å². The molecule has 0 aromatic heterocycles. The van der Waals surface area contributed by atoms with Gasteiger partial charge in [0.1, 0.15) is 5.75 Å². The second-order valence-corrected chi connectivity index (χ2v) is 4.99. The summed E-state index contributed by atoms with van der Waals surface area (Å²) in [6.45, 7) is 1.42. The predicted molar refractivity (Wildman–Crippen MR) is 81.6 cm³/mol. The molecule has 21 heavy (non-hydrogen) atoms. The third kappa shape index (κ3) is 4.07. The van der Waals surface area contributed by atoms with Crippen LogP contribution in [0.2, 0.25) is 0 Å². The van der Waals surface area contributed by atoms with Gasteiger partial charge < -0.3 is 9.84 Å². The first-order chi connectivity index (χ1) is 10.1. The van der Waals surface area contributed by atoms with Crippen molar-refractivity contribution in [1.82, 2.24) is 4.90 Å². The first-order valence-electron chi connectivity index (χ1n) is 6.73. The Labute approximate surface area is 124 Å². The van der Waals surface area contributed by atoms with Gasteiger partial charge in [0, 0.05) is 18.7 Å². The van der Waals surface area contributed by atoms with E-state index in [0.29, 0.717) is 12.1 Å². The van der Waals surface area contributed by atoms with Crippen molar-refractivity contribution >= 4 is 5.97 Å². The molecule has 0 saturated carbocycles. The summed E-state index contributed by atoms with van der Waals surface area (Å²) in [5.41, 5.74) is 2.40. The molecule has 4 nitrogen and oxygen atoms in total. The number of carbonyl (C=O) groups is 1. The van der Waals surface area contributed by atoms with E-state index in [4.69, 9.17) is 9.84 Å². The number of rotatable bonds is 6. The number of methoxy groups -OCH3 is 1.